The van der Waals surface area contributed by atoms with Crippen molar-refractivity contribution in [2.75, 3.05) is 26.0 Å². The van der Waals surface area contributed by atoms with Gasteiger partial charge in [-0.05, 0) is 24.5 Å². The van der Waals surface area contributed by atoms with Crippen molar-refractivity contribution in [1.29, 1.82) is 0 Å². The highest BCUT2D eigenvalue weighted by Gasteiger charge is 2.25. The lowest BCUT2D eigenvalue weighted by molar-refractivity contribution is -0.136. The average molecular weight is 500 g/mol. The van der Waals surface area contributed by atoms with Gasteiger partial charge in [0.1, 0.15) is 22.6 Å². The minimum Gasteiger partial charge on any atom is -0.488 e. The molecule has 1 atom stereocenters. The summed E-state index contributed by atoms with van der Waals surface area (Å²) in [5.74, 6) is 1.04. The second-order valence-electron chi connectivity index (χ2n) is 8.12. The van der Waals surface area contributed by atoms with Crippen molar-refractivity contribution in [3.63, 3.8) is 0 Å². The Balaban J connectivity index is 1.45. The molecule has 8 nitrogen and oxygen atoms in total. The summed E-state index contributed by atoms with van der Waals surface area (Å²) in [6.07, 6.45) is 5.61. The number of aliphatic imine (C=N–C) groups is 1. The first kappa shape index (κ1) is 23.1. The number of aromatic amines is 1. The Kier molecular flexibility index (Phi) is 6.98. The van der Waals surface area contributed by atoms with E-state index in [-0.39, 0.29) is 17.8 Å². The SMILES string of the molecule is CSc1ccc(Oc2cc(OC3CCOCC3)c3[nH]c(C4=NCC(CC(=O)O)S4)cc3c2)nc1. The first-order valence-corrected chi connectivity index (χ1v) is 13.2. The van der Waals surface area contributed by atoms with Crippen molar-refractivity contribution in [3.05, 3.63) is 42.2 Å². The molecule has 0 amide bonds. The third-order valence-corrected chi connectivity index (χ3v) is 7.58. The van der Waals surface area contributed by atoms with E-state index in [4.69, 9.17) is 19.3 Å². The van der Waals surface area contributed by atoms with Crippen LogP contribution in [0.5, 0.6) is 17.4 Å². The number of ether oxygens (including phenoxy) is 3. The lowest BCUT2D eigenvalue weighted by atomic mass is 10.1. The molecular formula is C24H25N3O5S2. The Hall–Kier alpha value is -2.69. The van der Waals surface area contributed by atoms with Gasteiger partial charge in [0, 0.05) is 46.7 Å². The highest BCUT2D eigenvalue weighted by Crippen LogP contribution is 2.37. The Labute approximate surface area is 205 Å². The van der Waals surface area contributed by atoms with Crippen LogP contribution in [0.25, 0.3) is 10.9 Å². The molecule has 1 fully saturated rings. The van der Waals surface area contributed by atoms with Crippen molar-refractivity contribution in [3.8, 4) is 17.4 Å². The molecule has 10 heteroatoms. The number of fused-ring (bicyclic) bond motifs is 1. The first-order chi connectivity index (χ1) is 16.6. The molecular weight excluding hydrogens is 474 g/mol. The van der Waals surface area contributed by atoms with E-state index >= 15 is 0 Å². The number of aromatic nitrogens is 2. The number of hydrogen-bond donors (Lipinski definition) is 2. The van der Waals surface area contributed by atoms with Gasteiger partial charge in [-0.15, -0.1) is 11.8 Å². The maximum Gasteiger partial charge on any atom is 0.304 e. The van der Waals surface area contributed by atoms with Crippen LogP contribution in [0.15, 0.2) is 46.4 Å². The smallest absolute Gasteiger partial charge is 0.304 e. The number of carboxylic acid groups (broad SMARTS) is 1. The molecule has 2 aliphatic heterocycles. The lowest BCUT2D eigenvalue weighted by Gasteiger charge is -2.23. The molecule has 1 saturated heterocycles. The van der Waals surface area contributed by atoms with Gasteiger partial charge in [-0.25, -0.2) is 4.98 Å². The molecule has 0 saturated carbocycles. The number of carbonyl (C=O) groups is 1. The van der Waals surface area contributed by atoms with Crippen molar-refractivity contribution in [2.45, 2.75) is 35.5 Å². The van der Waals surface area contributed by atoms with Crippen LogP contribution >= 0.6 is 23.5 Å². The molecule has 1 aromatic carbocycles. The van der Waals surface area contributed by atoms with Crippen LogP contribution in [-0.2, 0) is 9.53 Å². The molecule has 5 rings (SSSR count). The first-order valence-electron chi connectivity index (χ1n) is 11.1. The number of hydrogen-bond acceptors (Lipinski definition) is 8. The average Bonchev–Trinajstić information content (AvgIpc) is 3.47. The standard InChI is InChI=1S/C24H25N3O5S2/c1-33-17-2-3-21(25-12-17)32-16-8-14-9-19(24-26-13-18(34-24)11-22(28)29)27-23(14)20(10-16)31-15-4-6-30-7-5-15/h2-3,8-10,12,15,18,27H,4-7,11,13H2,1H3,(H,28,29). The number of rotatable bonds is 8. The van der Waals surface area contributed by atoms with Crippen LogP contribution in [0.1, 0.15) is 25.0 Å². The summed E-state index contributed by atoms with van der Waals surface area (Å²) in [5.41, 5.74) is 1.72. The largest absolute Gasteiger partial charge is 0.488 e. The van der Waals surface area contributed by atoms with E-state index in [1.807, 2.05) is 36.6 Å². The van der Waals surface area contributed by atoms with Crippen molar-refractivity contribution >= 4 is 45.4 Å². The van der Waals surface area contributed by atoms with Gasteiger partial charge in [-0.1, -0.05) is 11.8 Å². The monoisotopic (exact) mass is 499 g/mol. The summed E-state index contributed by atoms with van der Waals surface area (Å²) in [4.78, 5) is 24.6. The van der Waals surface area contributed by atoms with Gasteiger partial charge < -0.3 is 24.3 Å². The third-order valence-electron chi connectivity index (χ3n) is 5.64. The Morgan fingerprint density at radius 1 is 1.29 bits per heavy atom. The van der Waals surface area contributed by atoms with Crippen LogP contribution in [-0.4, -0.2) is 63.5 Å². The number of thioether (sulfide) groups is 2. The summed E-state index contributed by atoms with van der Waals surface area (Å²) in [6.45, 7) is 1.87. The second-order valence-corrected chi connectivity index (χ2v) is 10.3. The fourth-order valence-electron chi connectivity index (χ4n) is 3.96. The zero-order chi connectivity index (χ0) is 23.5. The van der Waals surface area contributed by atoms with Crippen LogP contribution in [0.2, 0.25) is 0 Å². The zero-order valence-electron chi connectivity index (χ0n) is 18.7. The summed E-state index contributed by atoms with van der Waals surface area (Å²) in [7, 11) is 0. The van der Waals surface area contributed by atoms with Gasteiger partial charge in [-0.3, -0.25) is 9.79 Å². The number of nitrogens with one attached hydrogen (secondary N) is 1. The summed E-state index contributed by atoms with van der Waals surface area (Å²) in [6, 6.07) is 9.68. The maximum atomic E-state index is 11.1. The Morgan fingerprint density at radius 3 is 2.88 bits per heavy atom. The van der Waals surface area contributed by atoms with E-state index in [0.717, 1.165) is 39.4 Å². The summed E-state index contributed by atoms with van der Waals surface area (Å²) < 4.78 is 17.9. The predicted octanol–water partition coefficient (Wildman–Crippen LogP) is 4.97. The number of H-pyrrole nitrogens is 1. The number of nitrogens with zero attached hydrogens (tertiary/aromatic N) is 2. The van der Waals surface area contributed by atoms with Gasteiger partial charge >= 0.3 is 5.97 Å². The number of carboxylic acids is 1. The zero-order valence-corrected chi connectivity index (χ0v) is 20.3. The molecule has 1 unspecified atom stereocenters. The number of benzene rings is 1. The molecule has 0 bridgehead atoms. The Morgan fingerprint density at radius 2 is 2.15 bits per heavy atom. The van der Waals surface area contributed by atoms with Crippen LogP contribution in [0.4, 0.5) is 0 Å². The van der Waals surface area contributed by atoms with Crippen LogP contribution in [0.3, 0.4) is 0 Å². The van der Waals surface area contributed by atoms with E-state index in [1.54, 1.807) is 18.0 Å². The Bertz CT molecular complexity index is 1210. The van der Waals surface area contributed by atoms with Crippen LogP contribution < -0.4 is 9.47 Å². The van der Waals surface area contributed by atoms with E-state index in [0.29, 0.717) is 37.1 Å². The van der Waals surface area contributed by atoms with E-state index in [9.17, 15) is 4.79 Å². The third kappa shape index (κ3) is 5.34. The minimum absolute atomic E-state index is 0.0499. The molecule has 0 aliphatic carbocycles. The van der Waals surface area contributed by atoms with E-state index < -0.39 is 5.97 Å². The van der Waals surface area contributed by atoms with Gasteiger partial charge in [0.05, 0.1) is 37.4 Å². The van der Waals surface area contributed by atoms with Crippen LogP contribution in [0, 0.1) is 0 Å². The van der Waals surface area contributed by atoms with Gasteiger partial charge in [0.2, 0.25) is 5.88 Å². The molecule has 4 heterocycles. The number of aliphatic carboxylic acids is 1. The fraction of sp³-hybridized carbons (Fsp3) is 0.375. The topological polar surface area (TPSA) is 106 Å². The minimum atomic E-state index is -0.807. The molecule has 34 heavy (non-hydrogen) atoms. The van der Waals surface area contributed by atoms with E-state index in [1.165, 1.54) is 11.8 Å². The molecule has 178 valence electrons. The molecule has 2 N–H and O–H groups in total. The molecule has 2 aliphatic rings. The highest BCUT2D eigenvalue weighted by molar-refractivity contribution is 8.15. The van der Waals surface area contributed by atoms with E-state index in [2.05, 4.69) is 15.0 Å². The fourth-order valence-corrected chi connectivity index (χ4v) is 5.40. The van der Waals surface area contributed by atoms with Crippen molar-refractivity contribution in [2.24, 2.45) is 4.99 Å². The predicted molar refractivity (Wildman–Crippen MR) is 134 cm³/mol. The summed E-state index contributed by atoms with van der Waals surface area (Å²) >= 11 is 3.12. The van der Waals surface area contributed by atoms with Gasteiger partial charge in [0.25, 0.3) is 0 Å². The normalized spacial score (nSPS) is 18.7. The molecule has 0 radical (unpaired) electrons. The molecule has 0 spiro atoms. The summed E-state index contributed by atoms with van der Waals surface area (Å²) in [5, 5.41) is 10.8. The molecule has 2 aromatic heterocycles. The quantitative estimate of drug-likeness (QED) is 0.419. The van der Waals surface area contributed by atoms with Crippen molar-refractivity contribution in [1.82, 2.24) is 9.97 Å². The molecule has 3 aromatic rings. The maximum absolute atomic E-state index is 11.1. The highest BCUT2D eigenvalue weighted by atomic mass is 32.2. The van der Waals surface area contributed by atoms with Gasteiger partial charge in [0.15, 0.2) is 0 Å². The second kappa shape index (κ2) is 10.3. The van der Waals surface area contributed by atoms with Gasteiger partial charge in [-0.2, -0.15) is 0 Å². The van der Waals surface area contributed by atoms with Crippen molar-refractivity contribution < 1.29 is 24.1 Å². The lowest BCUT2D eigenvalue weighted by Crippen LogP contribution is -2.25. The number of pyridine rings is 1.